The molecular weight excluding hydrogens is 373 g/mol. The smallest absolute Gasteiger partial charge is 0.242 e. The molecule has 8 heteroatoms. The Morgan fingerprint density at radius 1 is 1.04 bits per heavy atom. The van der Waals surface area contributed by atoms with Crippen LogP contribution in [0.2, 0.25) is 10.0 Å². The van der Waals surface area contributed by atoms with Crippen molar-refractivity contribution in [3.05, 3.63) is 52.0 Å². The van der Waals surface area contributed by atoms with E-state index >= 15 is 0 Å². The Labute approximate surface area is 151 Å². The highest BCUT2D eigenvalue weighted by Gasteiger charge is 2.18. The van der Waals surface area contributed by atoms with Gasteiger partial charge in [0.05, 0.1) is 19.2 Å². The molecular formula is C16H17Cl2NO4S. The van der Waals surface area contributed by atoms with Gasteiger partial charge in [0.2, 0.25) is 10.0 Å². The van der Waals surface area contributed by atoms with Crippen LogP contribution in [0.4, 0.5) is 0 Å². The number of hydrogen-bond acceptors (Lipinski definition) is 4. The van der Waals surface area contributed by atoms with Crippen molar-refractivity contribution in [3.63, 3.8) is 0 Å². The molecule has 130 valence electrons. The first-order valence-corrected chi connectivity index (χ1v) is 9.27. The molecule has 0 saturated carbocycles. The third kappa shape index (κ3) is 4.54. The van der Waals surface area contributed by atoms with Crippen molar-refractivity contribution in [1.82, 2.24) is 4.72 Å². The van der Waals surface area contributed by atoms with Crippen molar-refractivity contribution in [1.29, 1.82) is 0 Å². The lowest BCUT2D eigenvalue weighted by Gasteiger charge is -2.12. The van der Waals surface area contributed by atoms with E-state index in [0.717, 1.165) is 5.56 Å². The van der Waals surface area contributed by atoms with E-state index in [4.69, 9.17) is 32.7 Å². The molecule has 0 aliphatic carbocycles. The molecule has 0 unspecified atom stereocenters. The van der Waals surface area contributed by atoms with Gasteiger partial charge in [-0.1, -0.05) is 23.2 Å². The Hall–Kier alpha value is -1.47. The van der Waals surface area contributed by atoms with Crippen LogP contribution in [0.15, 0.2) is 41.3 Å². The minimum Gasteiger partial charge on any atom is -0.497 e. The molecule has 0 bridgehead atoms. The molecule has 0 aliphatic heterocycles. The van der Waals surface area contributed by atoms with Crippen LogP contribution >= 0.6 is 23.2 Å². The standard InChI is InChI=1S/C16H17Cl2NO4S/c1-22-13-4-6-15(23-2)11(9-13)7-8-19-24(20,21)16-10-12(17)3-5-14(16)18/h3-6,9-10,19H,7-8H2,1-2H3. The fraction of sp³-hybridized carbons (Fsp3) is 0.250. The van der Waals surface area contributed by atoms with Crippen LogP contribution in [0, 0.1) is 0 Å². The second kappa shape index (κ2) is 8.07. The molecule has 2 rings (SSSR count). The van der Waals surface area contributed by atoms with Gasteiger partial charge in [-0.2, -0.15) is 0 Å². The predicted octanol–water partition coefficient (Wildman–Crippen LogP) is 3.53. The van der Waals surface area contributed by atoms with Gasteiger partial charge in [-0.05, 0) is 48.4 Å². The molecule has 0 aromatic heterocycles. The van der Waals surface area contributed by atoms with Gasteiger partial charge >= 0.3 is 0 Å². The van der Waals surface area contributed by atoms with E-state index in [1.54, 1.807) is 32.4 Å². The van der Waals surface area contributed by atoms with E-state index in [-0.39, 0.29) is 16.5 Å². The van der Waals surface area contributed by atoms with Crippen molar-refractivity contribution >= 4 is 33.2 Å². The number of halogens is 2. The summed E-state index contributed by atoms with van der Waals surface area (Å²) >= 11 is 11.8. The molecule has 2 aromatic rings. The average molecular weight is 390 g/mol. The van der Waals surface area contributed by atoms with Crippen LogP contribution in [-0.2, 0) is 16.4 Å². The van der Waals surface area contributed by atoms with Crippen LogP contribution < -0.4 is 14.2 Å². The van der Waals surface area contributed by atoms with Crippen LogP contribution in [0.5, 0.6) is 11.5 Å². The third-order valence-corrected chi connectivity index (χ3v) is 5.53. The average Bonchev–Trinajstić information content (AvgIpc) is 2.56. The Morgan fingerprint density at radius 3 is 2.46 bits per heavy atom. The zero-order chi connectivity index (χ0) is 17.7. The van der Waals surface area contributed by atoms with Gasteiger partial charge < -0.3 is 9.47 Å². The molecule has 1 N–H and O–H groups in total. The number of methoxy groups -OCH3 is 2. The fourth-order valence-electron chi connectivity index (χ4n) is 2.16. The molecule has 0 aliphatic rings. The summed E-state index contributed by atoms with van der Waals surface area (Å²) in [7, 11) is -0.636. The van der Waals surface area contributed by atoms with Gasteiger partial charge in [-0.15, -0.1) is 0 Å². The predicted molar refractivity (Wildman–Crippen MR) is 94.9 cm³/mol. The minimum absolute atomic E-state index is 0.0470. The van der Waals surface area contributed by atoms with Gasteiger partial charge in [0.25, 0.3) is 0 Å². The molecule has 0 saturated heterocycles. The van der Waals surface area contributed by atoms with E-state index in [1.807, 2.05) is 0 Å². The number of benzene rings is 2. The maximum atomic E-state index is 12.4. The van der Waals surface area contributed by atoms with Crippen molar-refractivity contribution in [2.24, 2.45) is 0 Å². The lowest BCUT2D eigenvalue weighted by Crippen LogP contribution is -2.26. The zero-order valence-electron chi connectivity index (χ0n) is 13.2. The molecule has 0 amide bonds. The molecule has 0 radical (unpaired) electrons. The van der Waals surface area contributed by atoms with Crippen LogP contribution in [-0.4, -0.2) is 29.2 Å². The molecule has 24 heavy (non-hydrogen) atoms. The molecule has 0 atom stereocenters. The van der Waals surface area contributed by atoms with Crippen molar-refractivity contribution in [2.45, 2.75) is 11.3 Å². The second-order valence-corrected chi connectivity index (χ2v) is 7.48. The van der Waals surface area contributed by atoms with E-state index in [0.29, 0.717) is 22.9 Å². The lowest BCUT2D eigenvalue weighted by molar-refractivity contribution is 0.398. The first-order valence-electron chi connectivity index (χ1n) is 7.03. The SMILES string of the molecule is COc1ccc(OC)c(CCNS(=O)(=O)c2cc(Cl)ccc2Cl)c1. The topological polar surface area (TPSA) is 64.6 Å². The van der Waals surface area contributed by atoms with Crippen molar-refractivity contribution in [3.8, 4) is 11.5 Å². The van der Waals surface area contributed by atoms with Crippen LogP contribution in [0.3, 0.4) is 0 Å². The van der Waals surface area contributed by atoms with Crippen molar-refractivity contribution < 1.29 is 17.9 Å². The summed E-state index contributed by atoms with van der Waals surface area (Å²) in [6.45, 7) is 0.175. The Bertz CT molecular complexity index is 825. The third-order valence-electron chi connectivity index (χ3n) is 3.36. The highest BCUT2D eigenvalue weighted by molar-refractivity contribution is 7.89. The highest BCUT2D eigenvalue weighted by Crippen LogP contribution is 2.26. The van der Waals surface area contributed by atoms with E-state index in [2.05, 4.69) is 4.72 Å². The summed E-state index contributed by atoms with van der Waals surface area (Å²) in [5.74, 6) is 1.34. The van der Waals surface area contributed by atoms with Gasteiger partial charge in [0, 0.05) is 11.6 Å². The summed E-state index contributed by atoms with van der Waals surface area (Å²) in [6, 6.07) is 9.65. The minimum atomic E-state index is -3.76. The lowest BCUT2D eigenvalue weighted by atomic mass is 10.1. The summed E-state index contributed by atoms with van der Waals surface area (Å²) < 4.78 is 37.7. The second-order valence-electron chi connectivity index (χ2n) is 4.90. The Balaban J connectivity index is 2.12. The summed E-state index contributed by atoms with van der Waals surface area (Å²) in [5.41, 5.74) is 0.830. The number of hydrogen-bond donors (Lipinski definition) is 1. The van der Waals surface area contributed by atoms with E-state index < -0.39 is 10.0 Å². The van der Waals surface area contributed by atoms with Crippen LogP contribution in [0.1, 0.15) is 5.56 Å². The zero-order valence-corrected chi connectivity index (χ0v) is 15.5. The summed E-state index contributed by atoms with van der Waals surface area (Å²) in [4.78, 5) is -0.0470. The Kier molecular flexibility index (Phi) is 6.34. The molecule has 0 heterocycles. The normalized spacial score (nSPS) is 11.3. The first kappa shape index (κ1) is 18.9. The fourth-order valence-corrected chi connectivity index (χ4v) is 3.95. The van der Waals surface area contributed by atoms with E-state index in [1.165, 1.54) is 18.2 Å². The van der Waals surface area contributed by atoms with Gasteiger partial charge in [0.1, 0.15) is 16.4 Å². The quantitative estimate of drug-likeness (QED) is 0.786. The monoisotopic (exact) mass is 389 g/mol. The molecule has 5 nitrogen and oxygen atoms in total. The van der Waals surface area contributed by atoms with Gasteiger partial charge in [-0.3, -0.25) is 0 Å². The van der Waals surface area contributed by atoms with E-state index in [9.17, 15) is 8.42 Å². The Morgan fingerprint density at radius 2 is 1.79 bits per heavy atom. The van der Waals surface area contributed by atoms with Crippen LogP contribution in [0.25, 0.3) is 0 Å². The first-order chi connectivity index (χ1) is 11.4. The van der Waals surface area contributed by atoms with Gasteiger partial charge in [0.15, 0.2) is 0 Å². The van der Waals surface area contributed by atoms with Crippen molar-refractivity contribution in [2.75, 3.05) is 20.8 Å². The number of rotatable bonds is 7. The summed E-state index contributed by atoms with van der Waals surface area (Å²) in [6.07, 6.45) is 0.428. The number of ether oxygens (including phenoxy) is 2. The van der Waals surface area contributed by atoms with Gasteiger partial charge in [-0.25, -0.2) is 13.1 Å². The molecule has 2 aromatic carbocycles. The number of nitrogens with one attached hydrogen (secondary N) is 1. The largest absolute Gasteiger partial charge is 0.497 e. The maximum Gasteiger partial charge on any atom is 0.242 e. The summed E-state index contributed by atoms with van der Waals surface area (Å²) in [5, 5.41) is 0.417. The maximum absolute atomic E-state index is 12.4. The highest BCUT2D eigenvalue weighted by atomic mass is 35.5. The molecule has 0 spiro atoms. The number of sulfonamides is 1. The molecule has 0 fully saturated rings.